The number of ether oxygens (including phenoxy) is 1. The molecule has 1 saturated carbocycles. The summed E-state index contributed by atoms with van der Waals surface area (Å²) in [7, 11) is -2.29. The fraction of sp³-hybridized carbons (Fsp3) is 0.382. The summed E-state index contributed by atoms with van der Waals surface area (Å²) >= 11 is 0. The van der Waals surface area contributed by atoms with Crippen LogP contribution in [0.1, 0.15) is 68.1 Å². The maximum absolute atomic E-state index is 13.9. The number of aryl methyl sites for hydroxylation is 2. The van der Waals surface area contributed by atoms with Crippen LogP contribution in [0.5, 0.6) is 5.75 Å². The third kappa shape index (κ3) is 6.80. The predicted octanol–water partition coefficient (Wildman–Crippen LogP) is 5.47. The number of methoxy groups -OCH3 is 1. The first-order valence-corrected chi connectivity index (χ1v) is 16.8. The van der Waals surface area contributed by atoms with Gasteiger partial charge >= 0.3 is 0 Å². The molecule has 2 aromatic heterocycles. The zero-order chi connectivity index (χ0) is 31.3. The molecule has 0 aliphatic heterocycles. The number of unbranched alkanes of at least 4 members (excludes halogenated alkanes) is 1. The van der Waals surface area contributed by atoms with Crippen LogP contribution in [0.25, 0.3) is 17.1 Å². The number of hydrogen-bond acceptors (Lipinski definition) is 8. The Hall–Kier alpha value is -4.18. The summed E-state index contributed by atoms with van der Waals surface area (Å²) in [5.41, 5.74) is 3.27. The van der Waals surface area contributed by atoms with Crippen molar-refractivity contribution in [2.75, 3.05) is 12.9 Å². The molecule has 10 heteroatoms. The maximum Gasteiger partial charge on any atom is 0.264 e. The third-order valence-corrected chi connectivity index (χ3v) is 9.95. The second kappa shape index (κ2) is 13.6. The number of benzene rings is 2. The molecule has 2 heterocycles. The lowest BCUT2D eigenvalue weighted by Crippen LogP contribution is -2.29. The summed E-state index contributed by atoms with van der Waals surface area (Å²) in [5.74, 6) is 0.401. The molecule has 230 valence electrons. The Bertz CT molecular complexity index is 1790. The Balaban J connectivity index is 1.45. The van der Waals surface area contributed by atoms with Crippen molar-refractivity contribution in [3.05, 3.63) is 93.9 Å². The topological polar surface area (TPSA) is 121 Å². The smallest absolute Gasteiger partial charge is 0.264 e. The molecule has 9 nitrogen and oxygen atoms in total. The highest BCUT2D eigenvalue weighted by Gasteiger charge is 2.29. The fourth-order valence-corrected chi connectivity index (χ4v) is 7.40. The van der Waals surface area contributed by atoms with Crippen LogP contribution in [0.2, 0.25) is 0 Å². The molecule has 0 unspecified atom stereocenters. The normalized spacial score (nSPS) is 13.7. The zero-order valence-electron chi connectivity index (χ0n) is 25.5. The first-order chi connectivity index (χ1) is 21.2. The number of Topliss-reactive ketones (excluding diaryl/α,β-unsaturated/α-hetero) is 1. The highest BCUT2D eigenvalue weighted by molar-refractivity contribution is 7.92. The second-order valence-electron chi connectivity index (χ2n) is 11.3. The van der Waals surface area contributed by atoms with E-state index in [1.165, 1.54) is 24.1 Å². The third-order valence-electron chi connectivity index (χ3n) is 8.26. The van der Waals surface area contributed by atoms with E-state index >= 15 is 0 Å². The SMILES string of the molecule is CCCCc1nc(C)n(-c2ncc(OC)cn2)c(=O)c1Cc1ccc(-c2ccccc2S(=O)(=O)CC(=O)C2CCCC2)cc1. The number of ketones is 1. The van der Waals surface area contributed by atoms with Gasteiger partial charge in [-0.1, -0.05) is 68.7 Å². The van der Waals surface area contributed by atoms with Crippen molar-refractivity contribution in [1.82, 2.24) is 19.5 Å². The minimum absolute atomic E-state index is 0.157. The van der Waals surface area contributed by atoms with E-state index in [9.17, 15) is 18.0 Å². The van der Waals surface area contributed by atoms with Gasteiger partial charge in [0.25, 0.3) is 5.56 Å². The van der Waals surface area contributed by atoms with E-state index in [1.807, 2.05) is 24.3 Å². The number of aromatic nitrogens is 4. The lowest BCUT2D eigenvalue weighted by Gasteiger charge is -2.15. The van der Waals surface area contributed by atoms with E-state index in [1.54, 1.807) is 31.2 Å². The van der Waals surface area contributed by atoms with Crippen molar-refractivity contribution < 1.29 is 17.9 Å². The van der Waals surface area contributed by atoms with Crippen LogP contribution >= 0.6 is 0 Å². The van der Waals surface area contributed by atoms with E-state index in [4.69, 9.17) is 9.72 Å². The van der Waals surface area contributed by atoms with Gasteiger partial charge < -0.3 is 4.74 Å². The molecular formula is C34H38N4O5S. The molecule has 1 fully saturated rings. The lowest BCUT2D eigenvalue weighted by atomic mass is 9.98. The number of rotatable bonds is 12. The van der Waals surface area contributed by atoms with Crippen LogP contribution in [0.15, 0.2) is 70.6 Å². The van der Waals surface area contributed by atoms with Crippen LogP contribution in [-0.2, 0) is 27.5 Å². The van der Waals surface area contributed by atoms with Gasteiger partial charge in [-0.2, -0.15) is 0 Å². The van der Waals surface area contributed by atoms with Crippen molar-refractivity contribution in [3.8, 4) is 22.8 Å². The largest absolute Gasteiger partial charge is 0.494 e. The quantitative estimate of drug-likeness (QED) is 0.206. The number of sulfone groups is 1. The fourth-order valence-electron chi connectivity index (χ4n) is 5.83. The molecule has 0 radical (unpaired) electrons. The van der Waals surface area contributed by atoms with Crippen molar-refractivity contribution >= 4 is 15.6 Å². The summed E-state index contributed by atoms with van der Waals surface area (Å²) < 4.78 is 33.4. The Morgan fingerprint density at radius 1 is 1.02 bits per heavy atom. The first-order valence-electron chi connectivity index (χ1n) is 15.1. The molecule has 4 aromatic rings. The Morgan fingerprint density at radius 3 is 2.36 bits per heavy atom. The van der Waals surface area contributed by atoms with Gasteiger partial charge in [0.15, 0.2) is 21.4 Å². The zero-order valence-corrected chi connectivity index (χ0v) is 26.3. The van der Waals surface area contributed by atoms with Gasteiger partial charge in [-0.3, -0.25) is 9.59 Å². The van der Waals surface area contributed by atoms with E-state index in [0.717, 1.165) is 55.3 Å². The Kier molecular flexibility index (Phi) is 9.68. The maximum atomic E-state index is 13.9. The standard InChI is InChI=1S/C34H38N4O5S/c1-4-5-13-30-29(33(40)38(23(2)37-30)34-35-20-27(43-3)21-36-34)19-24-15-17-25(18-16-24)28-12-8-9-14-32(28)44(41,42)22-31(39)26-10-6-7-11-26/h8-9,12,14-18,20-21,26H,4-7,10-11,13,19,22H2,1-3H3. The summed E-state index contributed by atoms with van der Waals surface area (Å²) in [5, 5.41) is 0. The summed E-state index contributed by atoms with van der Waals surface area (Å²) in [6.07, 6.45) is 9.40. The van der Waals surface area contributed by atoms with Gasteiger partial charge in [0.1, 0.15) is 11.6 Å². The minimum atomic E-state index is -3.82. The van der Waals surface area contributed by atoms with Crippen LogP contribution in [-0.4, -0.2) is 46.6 Å². The lowest BCUT2D eigenvalue weighted by molar-refractivity contribution is -0.120. The molecule has 44 heavy (non-hydrogen) atoms. The molecule has 0 saturated heterocycles. The number of carbonyl (C=O) groups is 1. The second-order valence-corrected chi connectivity index (χ2v) is 13.3. The summed E-state index contributed by atoms with van der Waals surface area (Å²) in [6, 6.07) is 14.3. The van der Waals surface area contributed by atoms with Gasteiger partial charge in [-0.05, 0) is 49.8 Å². The average Bonchev–Trinajstić information content (AvgIpc) is 3.58. The van der Waals surface area contributed by atoms with Gasteiger partial charge in [-0.15, -0.1) is 0 Å². The molecule has 1 aliphatic carbocycles. The summed E-state index contributed by atoms with van der Waals surface area (Å²) in [6.45, 7) is 3.87. The molecule has 0 spiro atoms. The molecule has 1 aliphatic rings. The molecular weight excluding hydrogens is 576 g/mol. The van der Waals surface area contributed by atoms with E-state index in [-0.39, 0.29) is 28.1 Å². The molecule has 0 N–H and O–H groups in total. The average molecular weight is 615 g/mol. The van der Waals surface area contributed by atoms with E-state index in [2.05, 4.69) is 16.9 Å². The number of nitrogens with zero attached hydrogens (tertiary/aromatic N) is 4. The van der Waals surface area contributed by atoms with Crippen LogP contribution in [0, 0.1) is 12.8 Å². The van der Waals surface area contributed by atoms with Gasteiger partial charge in [-0.25, -0.2) is 27.9 Å². The van der Waals surface area contributed by atoms with Gasteiger partial charge in [0, 0.05) is 23.5 Å². The monoisotopic (exact) mass is 614 g/mol. The van der Waals surface area contributed by atoms with Gasteiger partial charge in [0.2, 0.25) is 5.95 Å². The van der Waals surface area contributed by atoms with Gasteiger partial charge in [0.05, 0.1) is 30.1 Å². The number of hydrogen-bond donors (Lipinski definition) is 0. The van der Waals surface area contributed by atoms with Crippen molar-refractivity contribution in [1.29, 1.82) is 0 Å². The molecule has 5 rings (SSSR count). The highest BCUT2D eigenvalue weighted by Crippen LogP contribution is 2.31. The van der Waals surface area contributed by atoms with Crippen molar-refractivity contribution in [2.24, 2.45) is 5.92 Å². The summed E-state index contributed by atoms with van der Waals surface area (Å²) in [4.78, 5) is 40.2. The first kappa shape index (κ1) is 31.3. The van der Waals surface area contributed by atoms with Crippen molar-refractivity contribution in [2.45, 2.75) is 70.1 Å². The molecule has 0 amide bonds. The Morgan fingerprint density at radius 2 is 1.70 bits per heavy atom. The highest BCUT2D eigenvalue weighted by atomic mass is 32.2. The van der Waals surface area contributed by atoms with Crippen LogP contribution in [0.4, 0.5) is 0 Å². The van der Waals surface area contributed by atoms with Crippen molar-refractivity contribution in [3.63, 3.8) is 0 Å². The Labute approximate surface area is 258 Å². The van der Waals surface area contributed by atoms with Crippen LogP contribution < -0.4 is 10.3 Å². The molecule has 2 aromatic carbocycles. The van der Waals surface area contributed by atoms with Crippen LogP contribution in [0.3, 0.4) is 0 Å². The number of carbonyl (C=O) groups excluding carboxylic acids is 1. The predicted molar refractivity (Wildman–Crippen MR) is 169 cm³/mol. The molecule has 0 atom stereocenters. The van der Waals surface area contributed by atoms with E-state index < -0.39 is 15.6 Å². The van der Waals surface area contributed by atoms with E-state index in [0.29, 0.717) is 35.5 Å². The molecule has 0 bridgehead atoms. The minimum Gasteiger partial charge on any atom is -0.494 e.